The van der Waals surface area contributed by atoms with Crippen molar-refractivity contribution < 1.29 is 9.59 Å². The first kappa shape index (κ1) is 14.3. The predicted molar refractivity (Wildman–Crippen MR) is 73.7 cm³/mol. The average molecular weight is 267 g/mol. The van der Waals surface area contributed by atoms with E-state index in [9.17, 15) is 9.59 Å². The van der Waals surface area contributed by atoms with Crippen LogP contribution in [0, 0.1) is 5.92 Å². The molecule has 0 radical (unpaired) electrons. The summed E-state index contributed by atoms with van der Waals surface area (Å²) in [6.07, 6.45) is 2.14. The number of amides is 2. The molecule has 1 heterocycles. The van der Waals surface area contributed by atoms with Crippen LogP contribution in [0.2, 0.25) is 0 Å². The van der Waals surface area contributed by atoms with Gasteiger partial charge < -0.3 is 9.80 Å². The third-order valence-corrected chi connectivity index (χ3v) is 4.09. The number of nitrogens with zero attached hydrogens (tertiary/aromatic N) is 3. The highest BCUT2D eigenvalue weighted by Crippen LogP contribution is 2.31. The van der Waals surface area contributed by atoms with Crippen LogP contribution in [0.4, 0.5) is 0 Å². The Kier molecular flexibility index (Phi) is 4.80. The monoisotopic (exact) mass is 267 g/mol. The second kappa shape index (κ2) is 6.37. The van der Waals surface area contributed by atoms with E-state index in [0.717, 1.165) is 52.1 Å². The molecular weight excluding hydrogens is 242 g/mol. The van der Waals surface area contributed by atoms with Crippen molar-refractivity contribution in [3.05, 3.63) is 0 Å². The summed E-state index contributed by atoms with van der Waals surface area (Å²) in [5.41, 5.74) is 0. The molecule has 2 amide bonds. The largest absolute Gasteiger partial charge is 0.342 e. The lowest BCUT2D eigenvalue weighted by Gasteiger charge is -2.35. The van der Waals surface area contributed by atoms with Gasteiger partial charge in [0.05, 0.1) is 6.54 Å². The van der Waals surface area contributed by atoms with Crippen LogP contribution < -0.4 is 0 Å². The van der Waals surface area contributed by atoms with Crippen LogP contribution in [-0.4, -0.2) is 72.3 Å². The normalized spacial score (nSPS) is 20.4. The zero-order chi connectivity index (χ0) is 13.8. The Bertz CT molecular complexity index is 330. The number of piperazine rings is 1. The molecule has 5 nitrogen and oxygen atoms in total. The number of rotatable bonds is 5. The number of carbonyl (C=O) groups excluding carboxylic acids is 2. The minimum atomic E-state index is 0.201. The summed E-state index contributed by atoms with van der Waals surface area (Å²) in [7, 11) is 0. The van der Waals surface area contributed by atoms with Gasteiger partial charge in [0.2, 0.25) is 11.8 Å². The molecule has 1 aliphatic carbocycles. The Morgan fingerprint density at radius 1 is 1.05 bits per heavy atom. The maximum atomic E-state index is 12.0. The Balaban J connectivity index is 1.73. The maximum Gasteiger partial charge on any atom is 0.236 e. The highest BCUT2D eigenvalue weighted by atomic mass is 16.2. The number of carbonyl (C=O) groups is 2. The predicted octanol–water partition coefficient (Wildman–Crippen LogP) is 0.409. The number of hydrogen-bond acceptors (Lipinski definition) is 3. The summed E-state index contributed by atoms with van der Waals surface area (Å²) in [4.78, 5) is 29.9. The SMILES string of the molecule is CCN(CC)C(=O)CN1CCN(C(=O)C2CC2)CC1. The van der Waals surface area contributed by atoms with Crippen molar-refractivity contribution >= 4 is 11.8 Å². The molecule has 0 unspecified atom stereocenters. The fourth-order valence-electron chi connectivity index (χ4n) is 2.58. The quantitative estimate of drug-likeness (QED) is 0.724. The Morgan fingerprint density at radius 3 is 2.11 bits per heavy atom. The topological polar surface area (TPSA) is 43.9 Å². The van der Waals surface area contributed by atoms with Crippen molar-refractivity contribution in [1.82, 2.24) is 14.7 Å². The van der Waals surface area contributed by atoms with E-state index < -0.39 is 0 Å². The van der Waals surface area contributed by atoms with Crippen molar-refractivity contribution in [3.8, 4) is 0 Å². The van der Waals surface area contributed by atoms with Gasteiger partial charge in [0.15, 0.2) is 0 Å². The van der Waals surface area contributed by atoms with E-state index in [4.69, 9.17) is 0 Å². The van der Waals surface area contributed by atoms with Gasteiger partial charge in [-0.25, -0.2) is 0 Å². The zero-order valence-electron chi connectivity index (χ0n) is 12.1. The summed E-state index contributed by atoms with van der Waals surface area (Å²) in [6, 6.07) is 0. The molecule has 2 rings (SSSR count). The molecule has 0 aromatic heterocycles. The zero-order valence-corrected chi connectivity index (χ0v) is 12.1. The summed E-state index contributed by atoms with van der Waals surface area (Å²) < 4.78 is 0. The summed E-state index contributed by atoms with van der Waals surface area (Å²) in [5, 5.41) is 0. The summed E-state index contributed by atoms with van der Waals surface area (Å²) in [5.74, 6) is 0.838. The lowest BCUT2D eigenvalue weighted by molar-refractivity contribution is -0.135. The van der Waals surface area contributed by atoms with Crippen molar-refractivity contribution in [2.75, 3.05) is 45.8 Å². The van der Waals surface area contributed by atoms with Gasteiger partial charge in [0.25, 0.3) is 0 Å². The summed E-state index contributed by atoms with van der Waals surface area (Å²) in [6.45, 7) is 9.26. The van der Waals surface area contributed by atoms with Crippen molar-refractivity contribution in [2.24, 2.45) is 5.92 Å². The smallest absolute Gasteiger partial charge is 0.236 e. The molecule has 2 fully saturated rings. The third-order valence-electron chi connectivity index (χ3n) is 4.09. The third kappa shape index (κ3) is 3.69. The first-order chi connectivity index (χ1) is 9.15. The van der Waals surface area contributed by atoms with Crippen LogP contribution in [0.25, 0.3) is 0 Å². The Labute approximate surface area is 115 Å². The van der Waals surface area contributed by atoms with Crippen LogP contribution in [0.5, 0.6) is 0 Å². The van der Waals surface area contributed by atoms with Gasteiger partial charge in [0.1, 0.15) is 0 Å². The minimum absolute atomic E-state index is 0.201. The standard InChI is InChI=1S/C14H25N3O2/c1-3-16(4-2)13(18)11-15-7-9-17(10-8-15)14(19)12-5-6-12/h12H,3-11H2,1-2H3. The molecule has 108 valence electrons. The van der Waals surface area contributed by atoms with E-state index in [2.05, 4.69) is 4.90 Å². The van der Waals surface area contributed by atoms with E-state index >= 15 is 0 Å². The van der Waals surface area contributed by atoms with Crippen molar-refractivity contribution in [2.45, 2.75) is 26.7 Å². The molecule has 0 atom stereocenters. The van der Waals surface area contributed by atoms with Crippen LogP contribution in [0.15, 0.2) is 0 Å². The van der Waals surface area contributed by atoms with Crippen molar-refractivity contribution in [1.29, 1.82) is 0 Å². The van der Waals surface area contributed by atoms with E-state index in [-0.39, 0.29) is 5.91 Å². The first-order valence-electron chi connectivity index (χ1n) is 7.44. The molecule has 1 aliphatic heterocycles. The second-order valence-corrected chi connectivity index (χ2v) is 5.44. The molecule has 0 spiro atoms. The fraction of sp³-hybridized carbons (Fsp3) is 0.857. The van der Waals surface area contributed by atoms with Gasteiger partial charge in [0, 0.05) is 45.2 Å². The molecule has 0 bridgehead atoms. The Morgan fingerprint density at radius 2 is 1.63 bits per heavy atom. The lowest BCUT2D eigenvalue weighted by Crippen LogP contribution is -2.51. The molecule has 0 aromatic carbocycles. The minimum Gasteiger partial charge on any atom is -0.342 e. The molecule has 5 heteroatoms. The highest BCUT2D eigenvalue weighted by Gasteiger charge is 2.34. The summed E-state index contributed by atoms with van der Waals surface area (Å²) >= 11 is 0. The second-order valence-electron chi connectivity index (χ2n) is 5.44. The van der Waals surface area contributed by atoms with E-state index in [1.165, 1.54) is 0 Å². The Hall–Kier alpha value is -1.10. The number of hydrogen-bond donors (Lipinski definition) is 0. The van der Waals surface area contributed by atoms with Gasteiger partial charge in [-0.05, 0) is 26.7 Å². The van der Waals surface area contributed by atoms with Crippen LogP contribution >= 0.6 is 0 Å². The number of likely N-dealkylation sites (N-methyl/N-ethyl adjacent to an activating group) is 1. The maximum absolute atomic E-state index is 12.0. The molecule has 2 aliphatic rings. The van der Waals surface area contributed by atoms with Crippen LogP contribution in [0.3, 0.4) is 0 Å². The van der Waals surface area contributed by atoms with E-state index in [0.29, 0.717) is 18.4 Å². The molecule has 19 heavy (non-hydrogen) atoms. The van der Waals surface area contributed by atoms with Gasteiger partial charge >= 0.3 is 0 Å². The van der Waals surface area contributed by atoms with Crippen molar-refractivity contribution in [3.63, 3.8) is 0 Å². The van der Waals surface area contributed by atoms with Gasteiger partial charge in [-0.3, -0.25) is 14.5 Å². The molecule has 1 saturated heterocycles. The van der Waals surface area contributed by atoms with Gasteiger partial charge in [-0.1, -0.05) is 0 Å². The van der Waals surface area contributed by atoms with Gasteiger partial charge in [-0.2, -0.15) is 0 Å². The molecule has 0 N–H and O–H groups in total. The van der Waals surface area contributed by atoms with Crippen LogP contribution in [-0.2, 0) is 9.59 Å². The van der Waals surface area contributed by atoms with Crippen LogP contribution in [0.1, 0.15) is 26.7 Å². The highest BCUT2D eigenvalue weighted by molar-refractivity contribution is 5.81. The average Bonchev–Trinajstić information content (AvgIpc) is 3.24. The molecule has 1 saturated carbocycles. The van der Waals surface area contributed by atoms with E-state index in [1.54, 1.807) is 0 Å². The lowest BCUT2D eigenvalue weighted by atomic mass is 10.2. The fourth-order valence-corrected chi connectivity index (χ4v) is 2.58. The molecule has 0 aromatic rings. The van der Waals surface area contributed by atoms with E-state index in [1.807, 2.05) is 23.6 Å². The molecular formula is C14H25N3O2. The van der Waals surface area contributed by atoms with Gasteiger partial charge in [-0.15, -0.1) is 0 Å². The first-order valence-corrected chi connectivity index (χ1v) is 7.44.